The summed E-state index contributed by atoms with van der Waals surface area (Å²) in [6.07, 6.45) is 0.833. The average Bonchev–Trinajstić information content (AvgIpc) is 3.18. The van der Waals surface area contributed by atoms with Crippen LogP contribution < -0.4 is 9.64 Å². The van der Waals surface area contributed by atoms with Crippen LogP contribution in [0.5, 0.6) is 5.75 Å². The molecule has 1 aliphatic rings. The fourth-order valence-electron chi connectivity index (χ4n) is 4.84. The molecule has 5 nitrogen and oxygen atoms in total. The minimum Gasteiger partial charge on any atom is -0.507 e. The zero-order valence-electron chi connectivity index (χ0n) is 20.9. The van der Waals surface area contributed by atoms with Gasteiger partial charge in [0, 0.05) is 17.3 Å². The van der Waals surface area contributed by atoms with Gasteiger partial charge in [0.05, 0.1) is 18.2 Å². The number of aliphatic hydroxyl groups is 1. The predicted molar refractivity (Wildman–Crippen MR) is 142 cm³/mol. The molecule has 0 bridgehead atoms. The molecule has 1 aliphatic heterocycles. The second-order valence-electron chi connectivity index (χ2n) is 9.16. The monoisotopic (exact) mass is 513 g/mol. The van der Waals surface area contributed by atoms with Gasteiger partial charge >= 0.3 is 0 Å². The lowest BCUT2D eigenvalue weighted by Gasteiger charge is -2.26. The standard InChI is InChI=1S/C31H25F2NO4/c1-3-15-38-26-14-11-20(16-18(26)2)29(35)27-28(23-10-6-8-19-7-4-5-9-22(19)23)34(31(37)30(27)36)21-12-13-24(32)25(33)17-21/h4-14,16-17,28,35H,3,15H2,1-2H3/b29-27-. The molecule has 4 aromatic rings. The summed E-state index contributed by atoms with van der Waals surface area (Å²) in [5.41, 5.74) is 1.51. The summed E-state index contributed by atoms with van der Waals surface area (Å²) in [6.45, 7) is 4.35. The molecular formula is C31H25F2NO4. The molecule has 1 N–H and O–H groups in total. The Morgan fingerprint density at radius 3 is 2.45 bits per heavy atom. The summed E-state index contributed by atoms with van der Waals surface area (Å²) < 4.78 is 33.7. The van der Waals surface area contributed by atoms with Gasteiger partial charge in [-0.15, -0.1) is 0 Å². The number of amides is 1. The fraction of sp³-hybridized carbons (Fsp3) is 0.161. The Bertz CT molecular complexity index is 1610. The second-order valence-corrected chi connectivity index (χ2v) is 9.16. The predicted octanol–water partition coefficient (Wildman–Crippen LogP) is 6.84. The van der Waals surface area contributed by atoms with Crippen LogP contribution in [0, 0.1) is 18.6 Å². The van der Waals surface area contributed by atoms with Gasteiger partial charge in [-0.05, 0) is 65.6 Å². The molecule has 7 heteroatoms. The maximum atomic E-state index is 14.3. The maximum absolute atomic E-state index is 14.3. The molecule has 38 heavy (non-hydrogen) atoms. The van der Waals surface area contributed by atoms with Gasteiger partial charge in [-0.2, -0.15) is 0 Å². The van der Waals surface area contributed by atoms with E-state index in [9.17, 15) is 23.5 Å². The van der Waals surface area contributed by atoms with Crippen LogP contribution in [0.2, 0.25) is 0 Å². The quantitative estimate of drug-likeness (QED) is 0.174. The Labute approximate surface area is 218 Å². The number of carbonyl (C=O) groups excluding carboxylic acids is 2. The number of ketones is 1. The van der Waals surface area contributed by atoms with Gasteiger partial charge in [-0.3, -0.25) is 14.5 Å². The molecule has 5 rings (SSSR count). The SMILES string of the molecule is CCCOc1ccc(/C(O)=C2/C(=O)C(=O)N(c3ccc(F)c(F)c3)C2c2cccc3ccccc23)cc1C. The highest BCUT2D eigenvalue weighted by atomic mass is 19.2. The largest absolute Gasteiger partial charge is 0.507 e. The summed E-state index contributed by atoms with van der Waals surface area (Å²) in [5.74, 6) is -3.82. The van der Waals surface area contributed by atoms with Crippen molar-refractivity contribution in [1.29, 1.82) is 0 Å². The van der Waals surface area contributed by atoms with Crippen LogP contribution in [-0.4, -0.2) is 23.4 Å². The number of Topliss-reactive ketones (excluding diaryl/α,β-unsaturated/α-hetero) is 1. The van der Waals surface area contributed by atoms with E-state index in [1.54, 1.807) is 30.3 Å². The third kappa shape index (κ3) is 4.30. The van der Waals surface area contributed by atoms with E-state index < -0.39 is 29.4 Å². The number of ether oxygens (including phenoxy) is 1. The molecule has 0 spiro atoms. The van der Waals surface area contributed by atoms with Crippen LogP contribution >= 0.6 is 0 Å². The Morgan fingerprint density at radius 1 is 0.947 bits per heavy atom. The van der Waals surface area contributed by atoms with Gasteiger partial charge in [0.2, 0.25) is 0 Å². The molecule has 192 valence electrons. The average molecular weight is 514 g/mol. The highest BCUT2D eigenvalue weighted by Crippen LogP contribution is 2.44. The van der Waals surface area contributed by atoms with Crippen molar-refractivity contribution in [2.45, 2.75) is 26.3 Å². The third-order valence-corrected chi connectivity index (χ3v) is 6.65. The molecule has 1 heterocycles. The van der Waals surface area contributed by atoms with E-state index in [0.29, 0.717) is 23.5 Å². The van der Waals surface area contributed by atoms with Crippen molar-refractivity contribution in [3.63, 3.8) is 0 Å². The van der Waals surface area contributed by atoms with E-state index in [4.69, 9.17) is 4.74 Å². The number of rotatable bonds is 6. The maximum Gasteiger partial charge on any atom is 0.300 e. The van der Waals surface area contributed by atoms with E-state index >= 15 is 0 Å². The molecule has 1 saturated heterocycles. The molecule has 0 radical (unpaired) electrons. The van der Waals surface area contributed by atoms with Gasteiger partial charge in [0.1, 0.15) is 11.5 Å². The molecule has 0 aliphatic carbocycles. The number of fused-ring (bicyclic) bond motifs is 1. The Hall–Kier alpha value is -4.52. The van der Waals surface area contributed by atoms with Crippen LogP contribution in [0.1, 0.15) is 36.1 Å². The summed E-state index contributed by atoms with van der Waals surface area (Å²) in [4.78, 5) is 28.0. The lowest BCUT2D eigenvalue weighted by molar-refractivity contribution is -0.132. The van der Waals surface area contributed by atoms with Crippen molar-refractivity contribution in [3.05, 3.63) is 113 Å². The van der Waals surface area contributed by atoms with Crippen LogP contribution in [0.4, 0.5) is 14.5 Å². The number of halogens is 2. The smallest absolute Gasteiger partial charge is 0.300 e. The van der Waals surface area contributed by atoms with Gasteiger partial charge in [0.15, 0.2) is 11.6 Å². The van der Waals surface area contributed by atoms with E-state index in [1.807, 2.05) is 44.2 Å². The number of hydrogen-bond acceptors (Lipinski definition) is 4. The molecular weight excluding hydrogens is 488 g/mol. The summed E-state index contributed by atoms with van der Waals surface area (Å²) in [6, 6.07) is 19.8. The molecule has 1 unspecified atom stereocenters. The Balaban J connectivity index is 1.74. The Kier molecular flexibility index (Phi) is 6.68. The normalized spacial score (nSPS) is 16.8. The van der Waals surface area contributed by atoms with Gasteiger partial charge in [0.25, 0.3) is 11.7 Å². The number of carbonyl (C=O) groups is 2. The van der Waals surface area contributed by atoms with E-state index in [1.165, 1.54) is 6.07 Å². The van der Waals surface area contributed by atoms with Crippen molar-refractivity contribution >= 4 is 33.9 Å². The fourth-order valence-corrected chi connectivity index (χ4v) is 4.84. The van der Waals surface area contributed by atoms with Crippen molar-refractivity contribution < 1.29 is 28.2 Å². The van der Waals surface area contributed by atoms with Crippen molar-refractivity contribution in [2.75, 3.05) is 11.5 Å². The minimum absolute atomic E-state index is 0.00229. The number of anilines is 1. The topological polar surface area (TPSA) is 66.8 Å². The highest BCUT2D eigenvalue weighted by Gasteiger charge is 2.47. The highest BCUT2D eigenvalue weighted by molar-refractivity contribution is 6.51. The number of nitrogens with zero attached hydrogens (tertiary/aromatic N) is 1. The minimum atomic E-state index is -1.15. The van der Waals surface area contributed by atoms with Crippen LogP contribution in [0.3, 0.4) is 0 Å². The molecule has 1 fully saturated rings. The third-order valence-electron chi connectivity index (χ3n) is 6.65. The molecule has 4 aromatic carbocycles. The number of hydrogen-bond donors (Lipinski definition) is 1. The lowest BCUT2D eigenvalue weighted by atomic mass is 9.91. The summed E-state index contributed by atoms with van der Waals surface area (Å²) in [7, 11) is 0. The van der Waals surface area contributed by atoms with Crippen molar-refractivity contribution in [2.24, 2.45) is 0 Å². The van der Waals surface area contributed by atoms with Gasteiger partial charge in [-0.25, -0.2) is 8.78 Å². The first kappa shape index (κ1) is 25.1. The Morgan fingerprint density at radius 2 is 1.71 bits per heavy atom. The molecule has 0 aromatic heterocycles. The zero-order valence-corrected chi connectivity index (χ0v) is 20.9. The van der Waals surface area contributed by atoms with E-state index in [2.05, 4.69) is 0 Å². The van der Waals surface area contributed by atoms with Gasteiger partial charge in [-0.1, -0.05) is 49.4 Å². The molecule has 0 saturated carbocycles. The van der Waals surface area contributed by atoms with Crippen LogP contribution in [-0.2, 0) is 9.59 Å². The van der Waals surface area contributed by atoms with Gasteiger partial charge < -0.3 is 9.84 Å². The number of benzene rings is 4. The first-order valence-corrected chi connectivity index (χ1v) is 12.3. The zero-order chi connectivity index (χ0) is 27.0. The number of aliphatic hydroxyl groups excluding tert-OH is 1. The first-order chi connectivity index (χ1) is 18.3. The van der Waals surface area contributed by atoms with Crippen LogP contribution in [0.25, 0.3) is 16.5 Å². The van der Waals surface area contributed by atoms with E-state index in [-0.39, 0.29) is 17.0 Å². The second kappa shape index (κ2) is 10.1. The molecule has 1 atom stereocenters. The van der Waals surface area contributed by atoms with Crippen molar-refractivity contribution in [1.82, 2.24) is 0 Å². The lowest BCUT2D eigenvalue weighted by Crippen LogP contribution is -2.29. The summed E-state index contributed by atoms with van der Waals surface area (Å²) >= 11 is 0. The van der Waals surface area contributed by atoms with Crippen molar-refractivity contribution in [3.8, 4) is 5.75 Å². The first-order valence-electron chi connectivity index (χ1n) is 12.3. The van der Waals surface area contributed by atoms with Crippen LogP contribution in [0.15, 0.2) is 84.4 Å². The number of aryl methyl sites for hydroxylation is 1. The summed E-state index contributed by atoms with van der Waals surface area (Å²) in [5, 5.41) is 13.1. The van der Waals surface area contributed by atoms with E-state index in [0.717, 1.165) is 39.8 Å². The molecule has 1 amide bonds.